The summed E-state index contributed by atoms with van der Waals surface area (Å²) < 4.78 is 10.3. The zero-order valence-electron chi connectivity index (χ0n) is 13.8. The second-order valence-corrected chi connectivity index (χ2v) is 5.54. The quantitative estimate of drug-likeness (QED) is 0.272. The average Bonchev–Trinajstić information content (AvgIpc) is 2.97. The Hall–Kier alpha value is -0.860. The van der Waals surface area contributed by atoms with Crippen LogP contribution in [-0.4, -0.2) is 39.4 Å². The minimum absolute atomic E-state index is 0. The highest BCUT2D eigenvalue weighted by Crippen LogP contribution is 2.24. The standard InChI is InChI=1S/C17H27N3O2.HI/c1-21-11-12-22-10-3-2-9-19-17(18)20-16-8-7-14-5-4-6-15(14)13-16;/h7-8,13H,2-6,9-12H2,1H3,(H3,18,19,20);1H. The van der Waals surface area contributed by atoms with Crippen molar-refractivity contribution in [2.24, 2.45) is 10.7 Å². The van der Waals surface area contributed by atoms with Crippen LogP contribution in [0.15, 0.2) is 23.2 Å². The van der Waals surface area contributed by atoms with Crippen LogP contribution < -0.4 is 11.1 Å². The summed E-state index contributed by atoms with van der Waals surface area (Å²) in [4.78, 5) is 4.35. The second kappa shape index (κ2) is 11.6. The normalized spacial score (nSPS) is 13.5. The number of hydrogen-bond donors (Lipinski definition) is 2. The Morgan fingerprint density at radius 1 is 1.17 bits per heavy atom. The third-order valence-electron chi connectivity index (χ3n) is 3.78. The number of unbranched alkanes of at least 4 members (excludes halogenated alkanes) is 1. The van der Waals surface area contributed by atoms with Gasteiger partial charge in [0.2, 0.25) is 0 Å². The Kier molecular flexibility index (Phi) is 10.2. The van der Waals surface area contributed by atoms with Crippen molar-refractivity contribution in [2.75, 3.05) is 38.8 Å². The largest absolute Gasteiger partial charge is 0.382 e. The van der Waals surface area contributed by atoms with Gasteiger partial charge in [0, 0.05) is 25.9 Å². The Balaban J connectivity index is 0.00000264. The molecule has 0 radical (unpaired) electrons. The van der Waals surface area contributed by atoms with Gasteiger partial charge in [0.25, 0.3) is 0 Å². The van der Waals surface area contributed by atoms with Crippen molar-refractivity contribution in [2.45, 2.75) is 32.1 Å². The molecule has 5 nitrogen and oxygen atoms in total. The molecule has 1 aliphatic rings. The topological polar surface area (TPSA) is 68.9 Å². The molecule has 0 unspecified atom stereocenters. The van der Waals surface area contributed by atoms with E-state index in [9.17, 15) is 0 Å². The minimum Gasteiger partial charge on any atom is -0.382 e. The van der Waals surface area contributed by atoms with Crippen molar-refractivity contribution in [3.05, 3.63) is 29.3 Å². The number of hydrogen-bond acceptors (Lipinski definition) is 3. The summed E-state index contributed by atoms with van der Waals surface area (Å²) in [5.41, 5.74) is 9.86. The molecule has 0 amide bonds. The number of aryl methyl sites for hydroxylation is 2. The maximum atomic E-state index is 5.92. The zero-order chi connectivity index (χ0) is 15.6. The van der Waals surface area contributed by atoms with Crippen LogP contribution in [0.2, 0.25) is 0 Å². The molecular formula is C17H28IN3O2. The number of rotatable bonds is 9. The van der Waals surface area contributed by atoms with E-state index in [2.05, 4.69) is 28.5 Å². The molecule has 0 heterocycles. The molecule has 3 N–H and O–H groups in total. The van der Waals surface area contributed by atoms with E-state index in [1.54, 1.807) is 7.11 Å². The molecule has 0 saturated heterocycles. The third-order valence-corrected chi connectivity index (χ3v) is 3.78. The number of anilines is 1. The van der Waals surface area contributed by atoms with Crippen LogP contribution in [0.3, 0.4) is 0 Å². The molecule has 0 aromatic heterocycles. The Labute approximate surface area is 156 Å². The molecular weight excluding hydrogens is 405 g/mol. The van der Waals surface area contributed by atoms with Crippen molar-refractivity contribution in [1.29, 1.82) is 0 Å². The van der Waals surface area contributed by atoms with Crippen molar-refractivity contribution in [3.63, 3.8) is 0 Å². The highest BCUT2D eigenvalue weighted by molar-refractivity contribution is 14.0. The first-order chi connectivity index (χ1) is 10.8. The van der Waals surface area contributed by atoms with Crippen molar-refractivity contribution >= 4 is 35.6 Å². The number of methoxy groups -OCH3 is 1. The first-order valence-electron chi connectivity index (χ1n) is 8.05. The lowest BCUT2D eigenvalue weighted by atomic mass is 10.1. The number of guanidine groups is 1. The summed E-state index contributed by atoms with van der Waals surface area (Å²) in [6.45, 7) is 2.77. The highest BCUT2D eigenvalue weighted by Gasteiger charge is 2.10. The molecule has 0 atom stereocenters. The zero-order valence-corrected chi connectivity index (χ0v) is 16.2. The number of aliphatic imine (C=N–C) groups is 1. The molecule has 1 aromatic carbocycles. The fraction of sp³-hybridized carbons (Fsp3) is 0.588. The van der Waals surface area contributed by atoms with Gasteiger partial charge in [0.15, 0.2) is 5.96 Å². The molecule has 23 heavy (non-hydrogen) atoms. The predicted octanol–water partition coefficient (Wildman–Crippen LogP) is 2.96. The maximum Gasteiger partial charge on any atom is 0.193 e. The smallest absolute Gasteiger partial charge is 0.193 e. The van der Waals surface area contributed by atoms with Gasteiger partial charge in [-0.25, -0.2) is 0 Å². The van der Waals surface area contributed by atoms with Crippen LogP contribution in [0, 0.1) is 0 Å². The van der Waals surface area contributed by atoms with Gasteiger partial charge in [0.05, 0.1) is 13.2 Å². The molecule has 0 saturated carbocycles. The van der Waals surface area contributed by atoms with Gasteiger partial charge in [-0.15, -0.1) is 24.0 Å². The van der Waals surface area contributed by atoms with Crippen LogP contribution in [0.1, 0.15) is 30.4 Å². The molecule has 0 fully saturated rings. The first-order valence-corrected chi connectivity index (χ1v) is 8.05. The van der Waals surface area contributed by atoms with E-state index >= 15 is 0 Å². The maximum absolute atomic E-state index is 5.92. The van der Waals surface area contributed by atoms with Crippen LogP contribution in [-0.2, 0) is 22.3 Å². The Morgan fingerprint density at radius 3 is 2.83 bits per heavy atom. The van der Waals surface area contributed by atoms with Crippen LogP contribution >= 0.6 is 24.0 Å². The predicted molar refractivity (Wildman–Crippen MR) is 106 cm³/mol. The van der Waals surface area contributed by atoms with Crippen LogP contribution in [0.25, 0.3) is 0 Å². The van der Waals surface area contributed by atoms with Crippen LogP contribution in [0.5, 0.6) is 0 Å². The SMILES string of the molecule is COCCOCCCCN=C(N)Nc1ccc2c(c1)CCC2.I. The molecule has 2 rings (SSSR count). The van der Waals surface area contributed by atoms with Gasteiger partial charge in [0.1, 0.15) is 0 Å². The summed E-state index contributed by atoms with van der Waals surface area (Å²) in [6, 6.07) is 6.46. The lowest BCUT2D eigenvalue weighted by Crippen LogP contribution is -2.23. The second-order valence-electron chi connectivity index (χ2n) is 5.54. The van der Waals surface area contributed by atoms with Crippen molar-refractivity contribution in [1.82, 2.24) is 0 Å². The fourth-order valence-corrected chi connectivity index (χ4v) is 2.60. The van der Waals surface area contributed by atoms with Gasteiger partial charge in [-0.3, -0.25) is 4.99 Å². The molecule has 0 bridgehead atoms. The average molecular weight is 433 g/mol. The molecule has 0 aliphatic heterocycles. The summed E-state index contributed by atoms with van der Waals surface area (Å²) >= 11 is 0. The Morgan fingerprint density at radius 2 is 2.00 bits per heavy atom. The van der Waals surface area contributed by atoms with E-state index in [0.717, 1.165) is 31.7 Å². The number of nitrogens with zero attached hydrogens (tertiary/aromatic N) is 1. The number of ether oxygens (including phenoxy) is 2. The van der Waals surface area contributed by atoms with E-state index in [1.807, 2.05) is 0 Å². The van der Waals surface area contributed by atoms with E-state index < -0.39 is 0 Å². The van der Waals surface area contributed by atoms with Gasteiger partial charge >= 0.3 is 0 Å². The number of nitrogens with two attached hydrogens (primary N) is 1. The number of benzene rings is 1. The summed E-state index contributed by atoms with van der Waals surface area (Å²) in [6.07, 6.45) is 5.59. The van der Waals surface area contributed by atoms with E-state index in [1.165, 1.54) is 30.4 Å². The minimum atomic E-state index is 0. The molecule has 1 aliphatic carbocycles. The summed E-state index contributed by atoms with van der Waals surface area (Å²) in [7, 11) is 1.68. The van der Waals surface area contributed by atoms with E-state index in [0.29, 0.717) is 19.2 Å². The molecule has 1 aromatic rings. The number of halogens is 1. The van der Waals surface area contributed by atoms with Gasteiger partial charge in [-0.2, -0.15) is 0 Å². The van der Waals surface area contributed by atoms with E-state index in [4.69, 9.17) is 15.2 Å². The van der Waals surface area contributed by atoms with Crippen molar-refractivity contribution < 1.29 is 9.47 Å². The lowest BCUT2D eigenvalue weighted by molar-refractivity contribution is 0.0690. The number of fused-ring (bicyclic) bond motifs is 1. The summed E-state index contributed by atoms with van der Waals surface area (Å²) in [5.74, 6) is 0.484. The lowest BCUT2D eigenvalue weighted by Gasteiger charge is -2.08. The van der Waals surface area contributed by atoms with E-state index in [-0.39, 0.29) is 24.0 Å². The number of nitrogens with one attached hydrogen (secondary N) is 1. The molecule has 6 heteroatoms. The fourth-order valence-electron chi connectivity index (χ4n) is 2.60. The third kappa shape index (κ3) is 7.50. The monoisotopic (exact) mass is 433 g/mol. The summed E-state index contributed by atoms with van der Waals surface area (Å²) in [5, 5.41) is 3.17. The van der Waals surface area contributed by atoms with Gasteiger partial charge in [-0.05, 0) is 55.4 Å². The Bertz CT molecular complexity index is 495. The molecule has 0 spiro atoms. The first kappa shape index (κ1) is 20.2. The van der Waals surface area contributed by atoms with Crippen molar-refractivity contribution in [3.8, 4) is 0 Å². The van der Waals surface area contributed by atoms with Gasteiger partial charge < -0.3 is 20.5 Å². The van der Waals surface area contributed by atoms with Crippen LogP contribution in [0.4, 0.5) is 5.69 Å². The highest BCUT2D eigenvalue weighted by atomic mass is 127. The van der Waals surface area contributed by atoms with Gasteiger partial charge in [-0.1, -0.05) is 6.07 Å². The molecule has 130 valence electrons.